The van der Waals surface area contributed by atoms with Gasteiger partial charge in [-0.05, 0) is 19.4 Å². The van der Waals surface area contributed by atoms with Crippen molar-refractivity contribution in [2.24, 2.45) is 0 Å². The topological polar surface area (TPSA) is 77.1 Å². The summed E-state index contributed by atoms with van der Waals surface area (Å²) in [6, 6.07) is 1.78. The highest BCUT2D eigenvalue weighted by molar-refractivity contribution is 6.00. The van der Waals surface area contributed by atoms with E-state index in [2.05, 4.69) is 20.4 Å². The summed E-state index contributed by atoms with van der Waals surface area (Å²) < 4.78 is 3.60. The van der Waals surface area contributed by atoms with Crippen molar-refractivity contribution in [3.8, 4) is 0 Å². The molecule has 0 bridgehead atoms. The molecule has 108 valence electrons. The minimum absolute atomic E-state index is 0.133. The first-order chi connectivity index (χ1) is 10.3. The van der Waals surface area contributed by atoms with Crippen LogP contribution in [-0.4, -0.2) is 36.6 Å². The number of carbonyl (C=O) groups is 1. The van der Waals surface area contributed by atoms with Crippen LogP contribution in [0, 0.1) is 6.92 Å². The predicted octanol–water partition coefficient (Wildman–Crippen LogP) is 1.05. The molecule has 0 radical (unpaired) electrons. The molecule has 7 heteroatoms. The van der Waals surface area contributed by atoms with Crippen molar-refractivity contribution < 1.29 is 4.79 Å². The van der Waals surface area contributed by atoms with Crippen LogP contribution in [0.15, 0.2) is 37.2 Å². The summed E-state index contributed by atoms with van der Waals surface area (Å²) in [5.74, 6) is -0.133. The van der Waals surface area contributed by atoms with Gasteiger partial charge in [0.1, 0.15) is 5.56 Å². The standard InChI is InChI=1S/C14H16N6O/c1-11-12(13-16-4-3-8-20(13)18-11)14(21)17-5-2-7-19-9-6-15-10-19/h3-4,6,8-10H,2,5,7H2,1H3,(H,17,21). The number of amides is 1. The van der Waals surface area contributed by atoms with Crippen molar-refractivity contribution in [3.63, 3.8) is 0 Å². The molecule has 0 saturated heterocycles. The van der Waals surface area contributed by atoms with E-state index in [-0.39, 0.29) is 5.91 Å². The van der Waals surface area contributed by atoms with E-state index >= 15 is 0 Å². The van der Waals surface area contributed by atoms with Gasteiger partial charge in [0.15, 0.2) is 5.65 Å². The van der Waals surface area contributed by atoms with Gasteiger partial charge in [-0.1, -0.05) is 0 Å². The molecule has 1 N–H and O–H groups in total. The Labute approximate surface area is 121 Å². The summed E-state index contributed by atoms with van der Waals surface area (Å²) in [6.45, 7) is 3.24. The van der Waals surface area contributed by atoms with Crippen molar-refractivity contribution in [3.05, 3.63) is 48.4 Å². The van der Waals surface area contributed by atoms with Crippen molar-refractivity contribution in [1.29, 1.82) is 0 Å². The van der Waals surface area contributed by atoms with E-state index in [1.54, 1.807) is 35.5 Å². The van der Waals surface area contributed by atoms with E-state index in [9.17, 15) is 4.79 Å². The van der Waals surface area contributed by atoms with Crippen LogP contribution in [0.1, 0.15) is 22.5 Å². The zero-order valence-corrected chi connectivity index (χ0v) is 11.7. The fourth-order valence-electron chi connectivity index (χ4n) is 2.23. The fraction of sp³-hybridized carbons (Fsp3) is 0.286. The number of hydrogen-bond acceptors (Lipinski definition) is 4. The number of rotatable bonds is 5. The molecule has 0 spiro atoms. The van der Waals surface area contributed by atoms with E-state index in [0.717, 1.165) is 13.0 Å². The molecule has 3 heterocycles. The van der Waals surface area contributed by atoms with E-state index in [0.29, 0.717) is 23.4 Å². The minimum atomic E-state index is -0.133. The van der Waals surface area contributed by atoms with Gasteiger partial charge in [-0.2, -0.15) is 5.10 Å². The predicted molar refractivity (Wildman–Crippen MR) is 76.9 cm³/mol. The largest absolute Gasteiger partial charge is 0.352 e. The molecule has 3 rings (SSSR count). The monoisotopic (exact) mass is 284 g/mol. The number of imidazole rings is 1. The summed E-state index contributed by atoms with van der Waals surface area (Å²) in [4.78, 5) is 20.5. The average molecular weight is 284 g/mol. The Morgan fingerprint density at radius 1 is 1.33 bits per heavy atom. The number of hydrogen-bond donors (Lipinski definition) is 1. The molecule has 0 atom stereocenters. The molecular weight excluding hydrogens is 268 g/mol. The van der Waals surface area contributed by atoms with Gasteiger partial charge in [-0.15, -0.1) is 0 Å². The highest BCUT2D eigenvalue weighted by Gasteiger charge is 2.17. The Balaban J connectivity index is 1.63. The second-order valence-electron chi connectivity index (χ2n) is 4.76. The summed E-state index contributed by atoms with van der Waals surface area (Å²) >= 11 is 0. The van der Waals surface area contributed by atoms with Crippen LogP contribution in [-0.2, 0) is 6.54 Å². The van der Waals surface area contributed by atoms with Gasteiger partial charge in [-0.25, -0.2) is 14.5 Å². The first-order valence-corrected chi connectivity index (χ1v) is 6.79. The lowest BCUT2D eigenvalue weighted by Crippen LogP contribution is -2.25. The van der Waals surface area contributed by atoms with E-state index < -0.39 is 0 Å². The van der Waals surface area contributed by atoms with E-state index in [1.807, 2.05) is 17.7 Å². The fourth-order valence-corrected chi connectivity index (χ4v) is 2.23. The van der Waals surface area contributed by atoms with Crippen molar-refractivity contribution >= 4 is 11.6 Å². The van der Waals surface area contributed by atoms with Gasteiger partial charge < -0.3 is 9.88 Å². The Morgan fingerprint density at radius 2 is 2.24 bits per heavy atom. The molecule has 7 nitrogen and oxygen atoms in total. The van der Waals surface area contributed by atoms with Gasteiger partial charge in [0.25, 0.3) is 5.91 Å². The summed E-state index contributed by atoms with van der Waals surface area (Å²) in [5, 5.41) is 7.20. The maximum Gasteiger partial charge on any atom is 0.257 e. The Kier molecular flexibility index (Phi) is 3.63. The zero-order valence-electron chi connectivity index (χ0n) is 11.7. The molecule has 0 aromatic carbocycles. The van der Waals surface area contributed by atoms with Gasteiger partial charge in [0, 0.05) is 37.9 Å². The molecule has 21 heavy (non-hydrogen) atoms. The van der Waals surface area contributed by atoms with Crippen molar-refractivity contribution in [2.75, 3.05) is 6.54 Å². The zero-order chi connectivity index (χ0) is 14.7. The summed E-state index contributed by atoms with van der Waals surface area (Å²) in [6.07, 6.45) is 9.69. The molecular formula is C14H16N6O. The second-order valence-corrected chi connectivity index (χ2v) is 4.76. The molecule has 3 aromatic rings. The van der Waals surface area contributed by atoms with Crippen molar-refractivity contribution in [1.82, 2.24) is 29.5 Å². The number of fused-ring (bicyclic) bond motifs is 1. The van der Waals surface area contributed by atoms with Gasteiger partial charge in [0.05, 0.1) is 12.0 Å². The quantitative estimate of drug-likeness (QED) is 0.711. The Morgan fingerprint density at radius 3 is 3.05 bits per heavy atom. The molecule has 0 aliphatic heterocycles. The number of aryl methyl sites for hydroxylation is 2. The first-order valence-electron chi connectivity index (χ1n) is 6.79. The third kappa shape index (κ3) is 2.76. The van der Waals surface area contributed by atoms with Crippen LogP contribution in [0.4, 0.5) is 0 Å². The first kappa shape index (κ1) is 13.3. The summed E-state index contributed by atoms with van der Waals surface area (Å²) in [5.41, 5.74) is 1.81. The SMILES string of the molecule is Cc1nn2cccnc2c1C(=O)NCCCn1ccnc1. The van der Waals surface area contributed by atoms with Gasteiger partial charge in [0.2, 0.25) is 0 Å². The number of carbonyl (C=O) groups excluding carboxylic acids is 1. The van der Waals surface area contributed by atoms with E-state index in [1.165, 1.54) is 0 Å². The maximum absolute atomic E-state index is 12.3. The normalized spacial score (nSPS) is 10.9. The van der Waals surface area contributed by atoms with Crippen LogP contribution in [0.25, 0.3) is 5.65 Å². The van der Waals surface area contributed by atoms with E-state index in [4.69, 9.17) is 0 Å². The van der Waals surface area contributed by atoms with Gasteiger partial charge >= 0.3 is 0 Å². The molecule has 0 saturated carbocycles. The minimum Gasteiger partial charge on any atom is -0.352 e. The molecule has 3 aromatic heterocycles. The lowest BCUT2D eigenvalue weighted by Gasteiger charge is -2.05. The summed E-state index contributed by atoms with van der Waals surface area (Å²) in [7, 11) is 0. The number of nitrogens with one attached hydrogen (secondary N) is 1. The smallest absolute Gasteiger partial charge is 0.257 e. The molecule has 1 amide bonds. The van der Waals surface area contributed by atoms with Crippen molar-refractivity contribution in [2.45, 2.75) is 19.9 Å². The third-order valence-corrected chi connectivity index (χ3v) is 3.24. The molecule has 0 fully saturated rings. The van der Waals surface area contributed by atoms with Crippen LogP contribution < -0.4 is 5.32 Å². The Hall–Kier alpha value is -2.70. The third-order valence-electron chi connectivity index (χ3n) is 3.24. The number of aromatic nitrogens is 5. The highest BCUT2D eigenvalue weighted by Crippen LogP contribution is 2.12. The van der Waals surface area contributed by atoms with Crippen LogP contribution in [0.3, 0.4) is 0 Å². The number of nitrogens with zero attached hydrogens (tertiary/aromatic N) is 5. The van der Waals surface area contributed by atoms with Crippen LogP contribution >= 0.6 is 0 Å². The van der Waals surface area contributed by atoms with Crippen LogP contribution in [0.5, 0.6) is 0 Å². The molecule has 0 aliphatic carbocycles. The lowest BCUT2D eigenvalue weighted by atomic mass is 10.2. The molecule has 0 aliphatic rings. The lowest BCUT2D eigenvalue weighted by molar-refractivity contribution is 0.0953. The van der Waals surface area contributed by atoms with Gasteiger partial charge in [-0.3, -0.25) is 4.79 Å². The second kappa shape index (κ2) is 5.74. The Bertz CT molecular complexity index is 746. The maximum atomic E-state index is 12.3. The van der Waals surface area contributed by atoms with Crippen LogP contribution in [0.2, 0.25) is 0 Å². The average Bonchev–Trinajstić information content (AvgIpc) is 3.09. The highest BCUT2D eigenvalue weighted by atomic mass is 16.1. The molecule has 0 unspecified atom stereocenters.